The van der Waals surface area contributed by atoms with Gasteiger partial charge in [0.2, 0.25) is 0 Å². The smallest absolute Gasteiger partial charge is 0.125 e. The van der Waals surface area contributed by atoms with Gasteiger partial charge in [0.25, 0.3) is 0 Å². The first-order valence-electron chi connectivity index (χ1n) is 6.50. The number of nitrogens with zero attached hydrogens (tertiary/aromatic N) is 1. The molecular weight excluding hydrogens is 319 g/mol. The summed E-state index contributed by atoms with van der Waals surface area (Å²) in [5.74, 6) is -0.236. The third kappa shape index (κ3) is 3.58. The molecule has 1 atom stereocenters. The monoisotopic (exact) mass is 336 g/mol. The first-order valence-corrected chi connectivity index (χ1v) is 7.30. The molecule has 2 rings (SSSR count). The quantitative estimate of drug-likeness (QED) is 0.904. The summed E-state index contributed by atoms with van der Waals surface area (Å²) in [6.45, 7) is 1.98. The molecule has 2 nitrogen and oxygen atoms in total. The van der Waals surface area contributed by atoms with E-state index in [9.17, 15) is 4.39 Å². The highest BCUT2D eigenvalue weighted by molar-refractivity contribution is 9.10. The first-order chi connectivity index (χ1) is 9.47. The van der Waals surface area contributed by atoms with E-state index in [-0.39, 0.29) is 11.9 Å². The molecule has 0 aromatic heterocycles. The van der Waals surface area contributed by atoms with Crippen LogP contribution in [0.5, 0.6) is 0 Å². The van der Waals surface area contributed by atoms with Crippen LogP contribution in [0.3, 0.4) is 0 Å². The van der Waals surface area contributed by atoms with E-state index < -0.39 is 0 Å². The molecule has 106 valence electrons. The number of nitrogens with two attached hydrogens (primary N) is 1. The molecule has 0 aliphatic rings. The SMILES string of the molecule is CC(N)Cc1cc(Br)ccc1N(C)c1cccc(F)c1. The number of hydrogen-bond donors (Lipinski definition) is 1. The zero-order valence-corrected chi connectivity index (χ0v) is 13.2. The maximum atomic E-state index is 13.4. The predicted octanol–water partition coefficient (Wildman–Crippen LogP) is 4.25. The van der Waals surface area contributed by atoms with E-state index in [1.54, 1.807) is 6.07 Å². The van der Waals surface area contributed by atoms with E-state index in [1.807, 2.05) is 37.1 Å². The minimum atomic E-state index is -0.236. The van der Waals surface area contributed by atoms with Crippen molar-refractivity contribution in [1.29, 1.82) is 0 Å². The topological polar surface area (TPSA) is 29.3 Å². The molecule has 20 heavy (non-hydrogen) atoms. The second-order valence-electron chi connectivity index (χ2n) is 4.99. The largest absolute Gasteiger partial charge is 0.344 e. The lowest BCUT2D eigenvalue weighted by Crippen LogP contribution is -2.20. The third-order valence-corrected chi connectivity index (χ3v) is 3.63. The second-order valence-corrected chi connectivity index (χ2v) is 5.91. The summed E-state index contributed by atoms with van der Waals surface area (Å²) < 4.78 is 14.4. The summed E-state index contributed by atoms with van der Waals surface area (Å²) in [5.41, 5.74) is 8.91. The van der Waals surface area contributed by atoms with Crippen molar-refractivity contribution >= 4 is 27.3 Å². The Bertz CT molecular complexity index is 599. The molecule has 0 bridgehead atoms. The van der Waals surface area contributed by atoms with Gasteiger partial charge in [-0.05, 0) is 55.3 Å². The minimum absolute atomic E-state index is 0.0731. The van der Waals surface area contributed by atoms with Crippen LogP contribution in [0.15, 0.2) is 46.9 Å². The number of anilines is 2. The highest BCUT2D eigenvalue weighted by atomic mass is 79.9. The van der Waals surface area contributed by atoms with Crippen LogP contribution in [0, 0.1) is 5.82 Å². The van der Waals surface area contributed by atoms with Gasteiger partial charge in [-0.2, -0.15) is 0 Å². The van der Waals surface area contributed by atoms with Crippen molar-refractivity contribution in [1.82, 2.24) is 0 Å². The van der Waals surface area contributed by atoms with Crippen molar-refractivity contribution in [2.45, 2.75) is 19.4 Å². The predicted molar refractivity (Wildman–Crippen MR) is 86.0 cm³/mol. The van der Waals surface area contributed by atoms with E-state index >= 15 is 0 Å². The van der Waals surface area contributed by atoms with Crippen molar-refractivity contribution in [3.05, 3.63) is 58.3 Å². The Morgan fingerprint density at radius 3 is 2.65 bits per heavy atom. The number of rotatable bonds is 4. The Hall–Kier alpha value is -1.39. The molecule has 2 N–H and O–H groups in total. The van der Waals surface area contributed by atoms with E-state index in [0.717, 1.165) is 27.8 Å². The van der Waals surface area contributed by atoms with E-state index in [0.29, 0.717) is 0 Å². The minimum Gasteiger partial charge on any atom is -0.344 e. The fourth-order valence-corrected chi connectivity index (χ4v) is 2.62. The Balaban J connectivity index is 2.40. The molecule has 0 aliphatic carbocycles. The van der Waals surface area contributed by atoms with Gasteiger partial charge in [0.15, 0.2) is 0 Å². The molecule has 2 aromatic rings. The number of halogens is 2. The van der Waals surface area contributed by atoms with E-state index in [4.69, 9.17) is 5.73 Å². The van der Waals surface area contributed by atoms with Gasteiger partial charge >= 0.3 is 0 Å². The Morgan fingerprint density at radius 2 is 2.00 bits per heavy atom. The van der Waals surface area contributed by atoms with Crippen LogP contribution in [-0.4, -0.2) is 13.1 Å². The van der Waals surface area contributed by atoms with Gasteiger partial charge in [0, 0.05) is 28.9 Å². The van der Waals surface area contributed by atoms with Gasteiger partial charge in [-0.1, -0.05) is 22.0 Å². The Labute approximate surface area is 127 Å². The average molecular weight is 337 g/mol. The molecule has 0 amide bonds. The average Bonchev–Trinajstić information content (AvgIpc) is 2.37. The van der Waals surface area contributed by atoms with Crippen LogP contribution >= 0.6 is 15.9 Å². The van der Waals surface area contributed by atoms with Crippen LogP contribution in [0.1, 0.15) is 12.5 Å². The molecule has 0 radical (unpaired) electrons. The van der Waals surface area contributed by atoms with Gasteiger partial charge < -0.3 is 10.6 Å². The fourth-order valence-electron chi connectivity index (χ4n) is 2.22. The lowest BCUT2D eigenvalue weighted by Gasteiger charge is -2.23. The molecule has 0 fully saturated rings. The summed E-state index contributed by atoms with van der Waals surface area (Å²) >= 11 is 3.48. The molecule has 0 saturated heterocycles. The maximum Gasteiger partial charge on any atom is 0.125 e. The highest BCUT2D eigenvalue weighted by Crippen LogP contribution is 2.30. The van der Waals surface area contributed by atoms with Crippen LogP contribution in [0.4, 0.5) is 15.8 Å². The summed E-state index contributed by atoms with van der Waals surface area (Å²) in [7, 11) is 1.93. The molecule has 0 spiro atoms. The molecule has 4 heteroatoms. The second kappa shape index (κ2) is 6.37. The maximum absolute atomic E-state index is 13.4. The number of hydrogen-bond acceptors (Lipinski definition) is 2. The molecule has 0 saturated carbocycles. The lowest BCUT2D eigenvalue weighted by molar-refractivity contribution is 0.628. The van der Waals surface area contributed by atoms with Crippen LogP contribution in [-0.2, 0) is 6.42 Å². The Kier molecular flexibility index (Phi) is 4.78. The third-order valence-electron chi connectivity index (χ3n) is 3.14. The molecule has 0 aliphatic heterocycles. The highest BCUT2D eigenvalue weighted by Gasteiger charge is 2.11. The summed E-state index contributed by atoms with van der Waals surface area (Å²) in [6.07, 6.45) is 0.772. The van der Waals surface area contributed by atoms with Crippen molar-refractivity contribution in [3.8, 4) is 0 Å². The summed E-state index contributed by atoms with van der Waals surface area (Å²) in [5, 5.41) is 0. The van der Waals surface area contributed by atoms with Crippen molar-refractivity contribution in [2.75, 3.05) is 11.9 Å². The molecule has 1 unspecified atom stereocenters. The molecule has 2 aromatic carbocycles. The van der Waals surface area contributed by atoms with Crippen LogP contribution in [0.2, 0.25) is 0 Å². The lowest BCUT2D eigenvalue weighted by atomic mass is 10.0. The van der Waals surface area contributed by atoms with Gasteiger partial charge in [0.05, 0.1) is 0 Å². The van der Waals surface area contributed by atoms with Crippen LogP contribution < -0.4 is 10.6 Å². The van der Waals surface area contributed by atoms with Gasteiger partial charge in [-0.25, -0.2) is 4.39 Å². The van der Waals surface area contributed by atoms with Gasteiger partial charge in [0.1, 0.15) is 5.82 Å². The first kappa shape index (κ1) is 15.0. The standard InChI is InChI=1S/C16H18BrFN2/c1-11(19)8-12-9-13(17)6-7-16(12)20(2)15-5-3-4-14(18)10-15/h3-7,9-11H,8,19H2,1-2H3. The summed E-state index contributed by atoms with van der Waals surface area (Å²) in [6, 6.07) is 12.7. The zero-order valence-electron chi connectivity index (χ0n) is 11.6. The van der Waals surface area contributed by atoms with Crippen molar-refractivity contribution in [2.24, 2.45) is 5.73 Å². The van der Waals surface area contributed by atoms with Crippen molar-refractivity contribution < 1.29 is 4.39 Å². The van der Waals surface area contributed by atoms with E-state index in [2.05, 4.69) is 22.0 Å². The van der Waals surface area contributed by atoms with Crippen molar-refractivity contribution in [3.63, 3.8) is 0 Å². The fraction of sp³-hybridized carbons (Fsp3) is 0.250. The normalized spacial score (nSPS) is 12.2. The van der Waals surface area contributed by atoms with Crippen LogP contribution in [0.25, 0.3) is 0 Å². The number of benzene rings is 2. The van der Waals surface area contributed by atoms with Gasteiger partial charge in [-0.15, -0.1) is 0 Å². The zero-order chi connectivity index (χ0) is 14.7. The van der Waals surface area contributed by atoms with Gasteiger partial charge in [-0.3, -0.25) is 0 Å². The molecular formula is C16H18BrFN2. The molecule has 0 heterocycles. The summed E-state index contributed by atoms with van der Waals surface area (Å²) in [4.78, 5) is 1.98. The van der Waals surface area contributed by atoms with E-state index in [1.165, 1.54) is 12.1 Å². The Morgan fingerprint density at radius 1 is 1.25 bits per heavy atom.